The van der Waals surface area contributed by atoms with E-state index in [1.54, 1.807) is 28.8 Å². The number of halogens is 3. The molecular weight excluding hydrogens is 363 g/mol. The van der Waals surface area contributed by atoms with Crippen LogP contribution in [0, 0.1) is 0 Å². The lowest BCUT2D eigenvalue weighted by molar-refractivity contribution is -0.140. The smallest absolute Gasteiger partial charge is 0.431 e. The zero-order valence-electron chi connectivity index (χ0n) is 14.1. The summed E-state index contributed by atoms with van der Waals surface area (Å²) in [6.45, 7) is 1.48. The second kappa shape index (κ2) is 6.19. The summed E-state index contributed by atoms with van der Waals surface area (Å²) in [5, 5.41) is 2.28. The molecule has 1 N–H and O–H groups in total. The Hall–Kier alpha value is -3.23. The van der Waals surface area contributed by atoms with Crippen LogP contribution in [0.25, 0.3) is 11.0 Å². The number of nitrogens with zero attached hydrogens (tertiary/aromatic N) is 2. The molecule has 1 aromatic carbocycles. The molecule has 4 rings (SSSR count). The number of allylic oxidation sites excluding steroid dienone is 1. The van der Waals surface area contributed by atoms with E-state index in [2.05, 4.69) is 10.3 Å². The Bertz CT molecular complexity index is 1040. The van der Waals surface area contributed by atoms with E-state index in [1.807, 2.05) is 0 Å². The van der Waals surface area contributed by atoms with Crippen molar-refractivity contribution in [3.63, 3.8) is 0 Å². The first-order valence-electron chi connectivity index (χ1n) is 8.16. The van der Waals surface area contributed by atoms with Crippen molar-refractivity contribution < 1.29 is 27.1 Å². The maximum atomic E-state index is 13.8. The predicted octanol–water partition coefficient (Wildman–Crippen LogP) is 4.02. The lowest BCUT2D eigenvalue weighted by Gasteiger charge is -2.30. The highest BCUT2D eigenvalue weighted by atomic mass is 19.4. The maximum Gasteiger partial charge on any atom is 0.431 e. The summed E-state index contributed by atoms with van der Waals surface area (Å²) in [5.74, 6) is -1.06. The Morgan fingerprint density at radius 3 is 2.78 bits per heavy atom. The van der Waals surface area contributed by atoms with Crippen molar-refractivity contribution in [2.75, 3.05) is 11.9 Å². The topological polar surface area (TPSA) is 69.3 Å². The Kier molecular flexibility index (Phi) is 3.94. The molecule has 0 saturated heterocycles. The number of nitrogens with one attached hydrogen (secondary N) is 1. The molecule has 0 spiro atoms. The lowest BCUT2D eigenvalue weighted by atomic mass is 9.96. The number of alkyl halides is 3. The highest BCUT2D eigenvalue weighted by Crippen LogP contribution is 2.43. The van der Waals surface area contributed by atoms with Gasteiger partial charge in [-0.15, -0.1) is 0 Å². The molecule has 2 aromatic heterocycles. The van der Waals surface area contributed by atoms with Crippen LogP contribution in [-0.4, -0.2) is 28.3 Å². The summed E-state index contributed by atoms with van der Waals surface area (Å²) in [4.78, 5) is 16.8. The largest absolute Gasteiger partial charge is 0.472 e. The van der Waals surface area contributed by atoms with Crippen LogP contribution in [-0.2, 0) is 9.53 Å². The third kappa shape index (κ3) is 2.75. The molecule has 0 aliphatic carbocycles. The van der Waals surface area contributed by atoms with Crippen LogP contribution in [0.5, 0.6) is 0 Å². The molecule has 1 atom stereocenters. The summed E-state index contributed by atoms with van der Waals surface area (Å²) in [7, 11) is 0. The number of benzene rings is 1. The van der Waals surface area contributed by atoms with Gasteiger partial charge in [0, 0.05) is 5.56 Å². The average Bonchev–Trinajstić information content (AvgIpc) is 3.27. The van der Waals surface area contributed by atoms with E-state index in [0.29, 0.717) is 16.6 Å². The number of ether oxygens (including phenoxy) is 1. The number of esters is 1. The molecule has 9 heteroatoms. The van der Waals surface area contributed by atoms with E-state index < -0.39 is 29.5 Å². The van der Waals surface area contributed by atoms with Gasteiger partial charge in [-0.1, -0.05) is 12.1 Å². The highest BCUT2D eigenvalue weighted by Gasteiger charge is 2.46. The fourth-order valence-corrected chi connectivity index (χ4v) is 3.23. The van der Waals surface area contributed by atoms with Crippen molar-refractivity contribution in [2.24, 2.45) is 0 Å². The lowest BCUT2D eigenvalue weighted by Crippen LogP contribution is -2.35. The summed E-state index contributed by atoms with van der Waals surface area (Å²) in [5.41, 5.74) is -0.267. The van der Waals surface area contributed by atoms with E-state index in [0.717, 1.165) is 0 Å². The summed E-state index contributed by atoms with van der Waals surface area (Å²) < 4.78 is 52.9. The van der Waals surface area contributed by atoms with Crippen LogP contribution in [0.2, 0.25) is 0 Å². The number of fused-ring (bicyclic) bond motifs is 3. The minimum absolute atomic E-state index is 0.0113. The van der Waals surface area contributed by atoms with Crippen LogP contribution >= 0.6 is 0 Å². The number of imidazole rings is 1. The van der Waals surface area contributed by atoms with Crippen molar-refractivity contribution in [3.8, 4) is 0 Å². The van der Waals surface area contributed by atoms with Crippen molar-refractivity contribution >= 4 is 23.0 Å². The number of furan rings is 1. The quantitative estimate of drug-likeness (QED) is 0.698. The Labute approximate surface area is 151 Å². The molecule has 6 nitrogen and oxygen atoms in total. The molecule has 0 saturated carbocycles. The number of carbonyl (C=O) groups is 1. The van der Waals surface area contributed by atoms with Gasteiger partial charge >= 0.3 is 12.1 Å². The molecule has 3 aromatic rings. The number of carbonyl (C=O) groups excluding carboxylic acids is 1. The van der Waals surface area contributed by atoms with Crippen LogP contribution in [0.4, 0.5) is 19.1 Å². The first-order valence-corrected chi connectivity index (χ1v) is 8.16. The van der Waals surface area contributed by atoms with Gasteiger partial charge in [-0.05, 0) is 25.1 Å². The molecule has 1 aliphatic heterocycles. The van der Waals surface area contributed by atoms with Gasteiger partial charge in [0.05, 0.1) is 41.8 Å². The van der Waals surface area contributed by atoms with E-state index in [1.165, 1.54) is 25.5 Å². The predicted molar refractivity (Wildman–Crippen MR) is 89.9 cm³/mol. The molecule has 140 valence electrons. The molecular formula is C18H14F3N3O3. The fourth-order valence-electron chi connectivity index (χ4n) is 3.23. The van der Waals surface area contributed by atoms with Gasteiger partial charge in [0.15, 0.2) is 0 Å². The highest BCUT2D eigenvalue weighted by molar-refractivity contribution is 5.94. The van der Waals surface area contributed by atoms with Crippen LogP contribution in [0.15, 0.2) is 58.5 Å². The van der Waals surface area contributed by atoms with Gasteiger partial charge in [-0.3, -0.25) is 4.57 Å². The number of anilines is 1. The minimum atomic E-state index is -4.80. The normalized spacial score (nSPS) is 17.0. The van der Waals surface area contributed by atoms with Gasteiger partial charge < -0.3 is 14.5 Å². The third-order valence-corrected chi connectivity index (χ3v) is 4.27. The molecule has 0 radical (unpaired) electrons. The molecule has 1 aliphatic rings. The van der Waals surface area contributed by atoms with Gasteiger partial charge in [0.25, 0.3) is 0 Å². The number of para-hydroxylation sites is 2. The van der Waals surface area contributed by atoms with Crippen LogP contribution in [0.3, 0.4) is 0 Å². The summed E-state index contributed by atoms with van der Waals surface area (Å²) in [6, 6.07) is 7.31. The Morgan fingerprint density at radius 1 is 1.33 bits per heavy atom. The SMILES string of the molecule is CCOC(=O)C1=C(C(F)(F)F)Nc2nc3ccccc3n2[C@@H]1c1ccoc1. The summed E-state index contributed by atoms with van der Waals surface area (Å²) in [6.07, 6.45) is -2.15. The van der Waals surface area contributed by atoms with Crippen molar-refractivity contribution in [1.82, 2.24) is 9.55 Å². The summed E-state index contributed by atoms with van der Waals surface area (Å²) >= 11 is 0. The van der Waals surface area contributed by atoms with E-state index >= 15 is 0 Å². The van der Waals surface area contributed by atoms with E-state index in [9.17, 15) is 18.0 Å². The van der Waals surface area contributed by atoms with Crippen molar-refractivity contribution in [3.05, 3.63) is 59.7 Å². The number of hydrogen-bond donors (Lipinski definition) is 1. The zero-order valence-corrected chi connectivity index (χ0v) is 14.1. The maximum absolute atomic E-state index is 13.8. The number of rotatable bonds is 3. The van der Waals surface area contributed by atoms with Crippen molar-refractivity contribution in [2.45, 2.75) is 19.1 Å². The van der Waals surface area contributed by atoms with E-state index in [4.69, 9.17) is 9.15 Å². The van der Waals surface area contributed by atoms with E-state index in [-0.39, 0.29) is 12.6 Å². The van der Waals surface area contributed by atoms with Gasteiger partial charge in [0.1, 0.15) is 5.70 Å². The Morgan fingerprint density at radius 2 is 2.11 bits per heavy atom. The second-order valence-electron chi connectivity index (χ2n) is 5.89. The molecule has 0 amide bonds. The molecule has 0 unspecified atom stereocenters. The molecule has 27 heavy (non-hydrogen) atoms. The first-order chi connectivity index (χ1) is 12.9. The van der Waals surface area contributed by atoms with Gasteiger partial charge in [-0.2, -0.15) is 13.2 Å². The van der Waals surface area contributed by atoms with Gasteiger partial charge in [-0.25, -0.2) is 9.78 Å². The number of hydrogen-bond acceptors (Lipinski definition) is 5. The monoisotopic (exact) mass is 377 g/mol. The Balaban J connectivity index is 2.04. The number of aromatic nitrogens is 2. The zero-order chi connectivity index (χ0) is 19.2. The van der Waals surface area contributed by atoms with Crippen LogP contribution < -0.4 is 5.32 Å². The second-order valence-corrected chi connectivity index (χ2v) is 5.89. The fraction of sp³-hybridized carbons (Fsp3) is 0.222. The van der Waals surface area contributed by atoms with Crippen LogP contribution in [0.1, 0.15) is 18.5 Å². The standard InChI is InChI=1S/C18H14F3N3O3/c1-2-27-16(25)13-14(10-7-8-26-9-10)24-12-6-4-3-5-11(12)22-17(24)23-15(13)18(19,20)21/h3-9,14H,2H2,1H3,(H,22,23)/t14-/m1/s1. The van der Waals surface area contributed by atoms with Crippen molar-refractivity contribution in [1.29, 1.82) is 0 Å². The molecule has 0 fully saturated rings. The third-order valence-electron chi connectivity index (χ3n) is 4.27. The first kappa shape index (κ1) is 17.2. The molecule has 0 bridgehead atoms. The van der Waals surface area contributed by atoms with Gasteiger partial charge in [0.2, 0.25) is 5.95 Å². The molecule has 3 heterocycles. The average molecular weight is 377 g/mol. The minimum Gasteiger partial charge on any atom is -0.472 e.